The molecule has 1 saturated heterocycles. The van der Waals surface area contributed by atoms with E-state index in [9.17, 15) is 0 Å². The van der Waals surface area contributed by atoms with Crippen molar-refractivity contribution in [1.29, 1.82) is 0 Å². The van der Waals surface area contributed by atoms with Crippen LogP contribution in [0.1, 0.15) is 110 Å². The van der Waals surface area contributed by atoms with Gasteiger partial charge in [-0.15, -0.1) is 0 Å². The molecule has 4 heteroatoms. The van der Waals surface area contributed by atoms with Crippen molar-refractivity contribution in [3.63, 3.8) is 0 Å². The molecule has 3 aromatic carbocycles. The van der Waals surface area contributed by atoms with E-state index in [1.54, 1.807) is 16.7 Å². The first-order chi connectivity index (χ1) is 19.8. The Kier molecular flexibility index (Phi) is 6.95. The van der Waals surface area contributed by atoms with Crippen LogP contribution in [0.2, 0.25) is 0 Å². The number of benzene rings is 3. The summed E-state index contributed by atoms with van der Waals surface area (Å²) in [5.74, 6) is 3.24. The van der Waals surface area contributed by atoms with Crippen molar-refractivity contribution >= 4 is 8.53 Å². The molecule has 40 heavy (non-hydrogen) atoms. The maximum atomic E-state index is 7.39. The van der Waals surface area contributed by atoms with Gasteiger partial charge in [0.05, 0.1) is 6.10 Å². The minimum Gasteiger partial charge on any atom is -0.435 e. The Labute approximate surface area is 241 Å². The molecule has 0 amide bonds. The van der Waals surface area contributed by atoms with Gasteiger partial charge < -0.3 is 9.05 Å². The van der Waals surface area contributed by atoms with Gasteiger partial charge >= 0.3 is 8.53 Å². The summed E-state index contributed by atoms with van der Waals surface area (Å²) in [4.78, 5) is 0. The molecule has 208 valence electrons. The van der Waals surface area contributed by atoms with Crippen LogP contribution in [0.25, 0.3) is 0 Å². The summed E-state index contributed by atoms with van der Waals surface area (Å²) in [6.45, 7) is 0. The van der Waals surface area contributed by atoms with E-state index in [4.69, 9.17) is 9.05 Å². The normalized spacial score (nSPS) is 33.5. The monoisotopic (exact) mass is 551 g/mol. The Hall–Kier alpha value is -2.19. The third kappa shape index (κ3) is 4.44. The van der Waals surface area contributed by atoms with E-state index in [-0.39, 0.29) is 6.10 Å². The third-order valence-corrected chi connectivity index (χ3v) is 12.6. The molecule has 0 spiro atoms. The van der Waals surface area contributed by atoms with E-state index in [1.807, 2.05) is 0 Å². The first-order valence-electron chi connectivity index (χ1n) is 16.0. The smallest absolute Gasteiger partial charge is 0.322 e. The highest BCUT2D eigenvalue weighted by Gasteiger charge is 2.51. The van der Waals surface area contributed by atoms with Crippen LogP contribution in [0.4, 0.5) is 0 Å². The maximum absolute atomic E-state index is 7.39. The predicted octanol–water partition coefficient (Wildman–Crippen LogP) is 9.83. The second-order valence-electron chi connectivity index (χ2n) is 12.9. The van der Waals surface area contributed by atoms with Gasteiger partial charge in [0.25, 0.3) is 0 Å². The molecule has 2 heterocycles. The summed E-state index contributed by atoms with van der Waals surface area (Å²) in [6.07, 6.45) is 15.6. The molecule has 2 saturated carbocycles. The number of nitrogens with zero attached hydrogens (tertiary/aromatic N) is 1. The number of rotatable bonds is 3. The second kappa shape index (κ2) is 10.9. The summed E-state index contributed by atoms with van der Waals surface area (Å²) in [5, 5.41) is 0. The molecule has 0 radical (unpaired) electrons. The topological polar surface area (TPSA) is 21.7 Å². The van der Waals surface area contributed by atoms with Gasteiger partial charge in [0.2, 0.25) is 0 Å². The summed E-state index contributed by atoms with van der Waals surface area (Å²) < 4.78 is 17.3. The number of aryl methyl sites for hydroxylation is 1. The molecule has 3 nitrogen and oxygen atoms in total. The van der Waals surface area contributed by atoms with Gasteiger partial charge in [-0.3, -0.25) is 0 Å². The fourth-order valence-corrected chi connectivity index (χ4v) is 11.0. The molecule has 7 atom stereocenters. The summed E-state index contributed by atoms with van der Waals surface area (Å²) in [5.41, 5.74) is 7.56. The fourth-order valence-electron chi connectivity index (χ4n) is 9.04. The summed E-state index contributed by atoms with van der Waals surface area (Å²) >= 11 is 0. The van der Waals surface area contributed by atoms with Crippen molar-refractivity contribution in [2.45, 2.75) is 101 Å². The van der Waals surface area contributed by atoms with E-state index in [0.717, 1.165) is 30.4 Å². The second-order valence-corrected chi connectivity index (χ2v) is 14.2. The van der Waals surface area contributed by atoms with E-state index < -0.39 is 8.53 Å². The highest BCUT2D eigenvalue weighted by molar-refractivity contribution is 7.45. The number of hydrogen-bond donors (Lipinski definition) is 0. The summed E-state index contributed by atoms with van der Waals surface area (Å²) in [7, 11) is -1.26. The molecule has 8 rings (SSSR count). The van der Waals surface area contributed by atoms with E-state index >= 15 is 0 Å². The lowest BCUT2D eigenvalue weighted by molar-refractivity contribution is 0.0371. The zero-order valence-corrected chi connectivity index (χ0v) is 24.5. The van der Waals surface area contributed by atoms with E-state index in [0.29, 0.717) is 18.0 Å². The molecule has 0 aromatic heterocycles. The molecule has 3 aromatic rings. The Bertz CT molecular complexity index is 1280. The zero-order chi connectivity index (χ0) is 26.5. The number of fused-ring (bicyclic) bond motifs is 7. The molecule has 5 aliphatic rings. The molecule has 3 aliphatic carbocycles. The predicted molar refractivity (Wildman–Crippen MR) is 162 cm³/mol. The van der Waals surface area contributed by atoms with Crippen LogP contribution in [-0.4, -0.2) is 10.8 Å². The van der Waals surface area contributed by atoms with Gasteiger partial charge in [-0.25, -0.2) is 4.67 Å². The van der Waals surface area contributed by atoms with Gasteiger partial charge in [0, 0.05) is 23.6 Å². The largest absolute Gasteiger partial charge is 0.435 e. The minimum atomic E-state index is -1.26. The molecular formula is C36H42NO2P. The highest BCUT2D eigenvalue weighted by Crippen LogP contribution is 2.65. The Morgan fingerprint density at radius 3 is 2.10 bits per heavy atom. The van der Waals surface area contributed by atoms with Crippen LogP contribution in [0.15, 0.2) is 72.8 Å². The Morgan fingerprint density at radius 1 is 0.650 bits per heavy atom. The van der Waals surface area contributed by atoms with Crippen molar-refractivity contribution in [3.8, 4) is 5.75 Å². The quantitative estimate of drug-likeness (QED) is 0.302. The molecule has 3 fully saturated rings. The molecule has 0 N–H and O–H groups in total. The molecule has 4 unspecified atom stereocenters. The minimum absolute atomic E-state index is 0.258. The maximum Gasteiger partial charge on any atom is 0.322 e. The van der Waals surface area contributed by atoms with Crippen LogP contribution in [0.5, 0.6) is 5.75 Å². The fraction of sp³-hybridized carbons (Fsp3) is 0.500. The third-order valence-electron chi connectivity index (χ3n) is 10.8. The van der Waals surface area contributed by atoms with Gasteiger partial charge in [0.15, 0.2) is 0 Å². The average Bonchev–Trinajstić information content (AvgIpc) is 3.39. The SMILES string of the molecule is c1ccc([C@H]2CC[C@H](c3ccccc3)N2P2Oc3ccc4c(c3[C@@H]3C(CCC5CCCCC53)O2)CCCC4)cc1. The van der Waals surface area contributed by atoms with Crippen LogP contribution in [0.3, 0.4) is 0 Å². The Morgan fingerprint density at radius 2 is 1.35 bits per heavy atom. The van der Waals surface area contributed by atoms with Crippen molar-refractivity contribution in [2.24, 2.45) is 11.8 Å². The van der Waals surface area contributed by atoms with Crippen molar-refractivity contribution in [1.82, 2.24) is 4.67 Å². The van der Waals surface area contributed by atoms with E-state index in [2.05, 4.69) is 77.5 Å². The van der Waals surface area contributed by atoms with E-state index in [1.165, 1.54) is 75.3 Å². The van der Waals surface area contributed by atoms with Gasteiger partial charge in [-0.2, -0.15) is 0 Å². The highest BCUT2D eigenvalue weighted by atomic mass is 31.2. The van der Waals surface area contributed by atoms with Crippen LogP contribution in [-0.2, 0) is 17.4 Å². The first kappa shape index (κ1) is 25.5. The van der Waals surface area contributed by atoms with Gasteiger partial charge in [-0.1, -0.05) is 86.0 Å². The number of hydrogen-bond acceptors (Lipinski definition) is 3. The van der Waals surface area contributed by atoms with Crippen LogP contribution in [0, 0.1) is 11.8 Å². The zero-order valence-electron chi connectivity index (χ0n) is 23.6. The van der Waals surface area contributed by atoms with Crippen LogP contribution < -0.4 is 4.52 Å². The first-order valence-corrected chi connectivity index (χ1v) is 17.2. The standard InChI is InChI=1S/C36H42NO2P/c1-3-13-27(14-4-1)31-21-22-32(28-15-5-2-6-16-28)37(31)40-38-33-23-19-25-11-7-9-17-29(25)35(33)36-30-18-10-8-12-26(30)20-24-34(36)39-40/h1-6,13-16,19,23,26,30-32,34,36H,7-12,17-18,20-22,24H2/t26?,30?,31-,32-,34?,36+,40?/m1/s1. The van der Waals surface area contributed by atoms with Crippen molar-refractivity contribution < 1.29 is 9.05 Å². The van der Waals surface area contributed by atoms with Crippen molar-refractivity contribution in [2.75, 3.05) is 0 Å². The van der Waals surface area contributed by atoms with Crippen LogP contribution >= 0.6 is 8.53 Å². The average molecular weight is 552 g/mol. The van der Waals surface area contributed by atoms with Gasteiger partial charge in [0.1, 0.15) is 5.75 Å². The summed E-state index contributed by atoms with van der Waals surface area (Å²) in [6, 6.07) is 27.6. The lowest BCUT2D eigenvalue weighted by Crippen LogP contribution is -2.39. The molecular weight excluding hydrogens is 509 g/mol. The van der Waals surface area contributed by atoms with Gasteiger partial charge in [-0.05, 0) is 97.9 Å². The molecule has 0 bridgehead atoms. The Balaban J connectivity index is 1.24. The lowest BCUT2D eigenvalue weighted by atomic mass is 9.61. The lowest BCUT2D eigenvalue weighted by Gasteiger charge is -2.46. The molecule has 2 aliphatic heterocycles. The van der Waals surface area contributed by atoms with Crippen molar-refractivity contribution in [3.05, 3.63) is 101 Å².